The zero-order chi connectivity index (χ0) is 25.5. The van der Waals surface area contributed by atoms with Gasteiger partial charge in [-0.25, -0.2) is 0 Å². The van der Waals surface area contributed by atoms with E-state index in [-0.39, 0.29) is 23.6 Å². The van der Waals surface area contributed by atoms with Gasteiger partial charge >= 0.3 is 0 Å². The molecule has 1 aliphatic heterocycles. The number of rotatable bonds is 6. The minimum atomic E-state index is -0.00666. The van der Waals surface area contributed by atoms with Gasteiger partial charge in [0.15, 0.2) is 11.5 Å². The fourth-order valence-corrected chi connectivity index (χ4v) is 6.25. The summed E-state index contributed by atoms with van der Waals surface area (Å²) in [5.74, 6) is 1.91. The highest BCUT2D eigenvalue weighted by Gasteiger charge is 2.44. The Bertz CT molecular complexity index is 1460. The van der Waals surface area contributed by atoms with Gasteiger partial charge in [-0.2, -0.15) is 0 Å². The number of methoxy groups -OCH3 is 1. The summed E-state index contributed by atoms with van der Waals surface area (Å²) < 4.78 is 11.6. The van der Waals surface area contributed by atoms with Crippen LogP contribution >= 0.6 is 0 Å². The van der Waals surface area contributed by atoms with Crippen molar-refractivity contribution >= 4 is 5.69 Å². The van der Waals surface area contributed by atoms with Crippen molar-refractivity contribution < 1.29 is 14.6 Å². The summed E-state index contributed by atoms with van der Waals surface area (Å²) in [6.07, 6.45) is 0.959. The zero-order valence-corrected chi connectivity index (χ0v) is 21.2. The molecule has 188 valence electrons. The number of anilines is 1. The van der Waals surface area contributed by atoms with Crippen LogP contribution in [0, 0.1) is 5.92 Å². The first kappa shape index (κ1) is 23.4. The van der Waals surface area contributed by atoms with E-state index in [1.807, 2.05) is 37.3 Å². The van der Waals surface area contributed by atoms with Crippen LogP contribution in [0.4, 0.5) is 5.69 Å². The number of aromatic hydroxyl groups is 1. The highest BCUT2D eigenvalue weighted by molar-refractivity contribution is 5.78. The van der Waals surface area contributed by atoms with Crippen molar-refractivity contribution in [1.82, 2.24) is 0 Å². The summed E-state index contributed by atoms with van der Waals surface area (Å²) in [5.41, 5.74) is 15.3. The lowest BCUT2D eigenvalue weighted by Gasteiger charge is -2.39. The largest absolute Gasteiger partial charge is 0.504 e. The van der Waals surface area contributed by atoms with Gasteiger partial charge < -0.3 is 25.6 Å². The molecule has 0 radical (unpaired) electrons. The van der Waals surface area contributed by atoms with Gasteiger partial charge in [0.2, 0.25) is 0 Å². The number of nitrogens with two attached hydrogens (primary N) is 1. The Kier molecular flexibility index (Phi) is 6.01. The second-order valence-electron chi connectivity index (χ2n) is 9.83. The maximum Gasteiger partial charge on any atom is 0.160 e. The lowest BCUT2D eigenvalue weighted by atomic mass is 9.74. The Morgan fingerprint density at radius 2 is 1.70 bits per heavy atom. The van der Waals surface area contributed by atoms with Crippen LogP contribution in [0.1, 0.15) is 46.7 Å². The molecule has 0 saturated heterocycles. The molecule has 2 aliphatic rings. The average Bonchev–Trinajstić information content (AvgIpc) is 3.33. The third kappa shape index (κ3) is 3.91. The van der Waals surface area contributed by atoms with E-state index in [2.05, 4.69) is 53.8 Å². The van der Waals surface area contributed by atoms with Crippen LogP contribution in [0.3, 0.4) is 0 Å². The summed E-state index contributed by atoms with van der Waals surface area (Å²) in [5, 5.41) is 14.7. The quantitative estimate of drug-likeness (QED) is 0.290. The normalized spacial score (nSPS) is 19.4. The van der Waals surface area contributed by atoms with Crippen molar-refractivity contribution in [2.75, 3.05) is 19.0 Å². The predicted octanol–water partition coefficient (Wildman–Crippen LogP) is 6.40. The van der Waals surface area contributed by atoms with Gasteiger partial charge in [0, 0.05) is 23.7 Å². The summed E-state index contributed by atoms with van der Waals surface area (Å²) in [6.45, 7) is 3.06. The number of phenolic OH excluding ortho intramolecular Hbond substituents is 1. The Balaban J connectivity index is 1.57. The van der Waals surface area contributed by atoms with E-state index >= 15 is 0 Å². The van der Waals surface area contributed by atoms with E-state index in [1.165, 1.54) is 16.7 Å². The highest BCUT2D eigenvalue weighted by atomic mass is 16.5. The van der Waals surface area contributed by atoms with Crippen LogP contribution in [0.2, 0.25) is 0 Å². The van der Waals surface area contributed by atoms with E-state index in [0.717, 1.165) is 40.1 Å². The third-order valence-corrected chi connectivity index (χ3v) is 7.86. The summed E-state index contributed by atoms with van der Waals surface area (Å²) in [7, 11) is 1.60. The lowest BCUT2D eigenvalue weighted by Crippen LogP contribution is -2.31. The number of hydrogen-bond donors (Lipinski definition) is 3. The molecular formula is C32H32N2O3. The fourth-order valence-electron chi connectivity index (χ4n) is 6.25. The molecule has 6 rings (SSSR count). The third-order valence-electron chi connectivity index (χ3n) is 7.86. The second kappa shape index (κ2) is 9.49. The average molecular weight is 493 g/mol. The van der Waals surface area contributed by atoms with E-state index < -0.39 is 0 Å². The van der Waals surface area contributed by atoms with Crippen LogP contribution in [-0.2, 0) is 13.0 Å². The van der Waals surface area contributed by atoms with Crippen LogP contribution in [-0.4, -0.2) is 18.8 Å². The monoisotopic (exact) mass is 492 g/mol. The standard InChI is InChI=1S/C32H32N2O3/c1-3-37-29-11-7-6-10-22(29)23-16-28(35)30(36-2)17-24(23)32-26-15-20-8-4-5-9-21(20)31(26)25-14-19(18-33)12-13-27(25)34-32/h4-14,16-17,26,31-32,34-35H,3,15,18,33H2,1-2H3. The molecule has 4 aromatic rings. The Labute approximate surface area is 217 Å². The van der Waals surface area contributed by atoms with Crippen LogP contribution < -0.4 is 20.5 Å². The van der Waals surface area contributed by atoms with Gasteiger partial charge in [-0.05, 0) is 76.9 Å². The lowest BCUT2D eigenvalue weighted by molar-refractivity contribution is 0.341. The van der Waals surface area contributed by atoms with Crippen molar-refractivity contribution in [3.8, 4) is 28.4 Å². The van der Waals surface area contributed by atoms with Gasteiger partial charge in [0.25, 0.3) is 0 Å². The fraction of sp³-hybridized carbons (Fsp3) is 0.250. The second-order valence-corrected chi connectivity index (χ2v) is 9.83. The Hall–Kier alpha value is -3.96. The number of nitrogens with one attached hydrogen (secondary N) is 1. The van der Waals surface area contributed by atoms with Crippen molar-refractivity contribution in [3.63, 3.8) is 0 Å². The molecule has 3 unspecified atom stereocenters. The molecule has 1 aliphatic carbocycles. The van der Waals surface area contributed by atoms with Crippen molar-refractivity contribution in [3.05, 3.63) is 107 Å². The van der Waals surface area contributed by atoms with Gasteiger partial charge in [-0.3, -0.25) is 0 Å². The molecule has 37 heavy (non-hydrogen) atoms. The number of ether oxygens (including phenoxy) is 2. The van der Waals surface area contributed by atoms with Crippen LogP contribution in [0.15, 0.2) is 78.9 Å². The zero-order valence-electron chi connectivity index (χ0n) is 21.2. The molecular weight excluding hydrogens is 460 g/mol. The Morgan fingerprint density at radius 3 is 2.51 bits per heavy atom. The highest BCUT2D eigenvalue weighted by Crippen LogP contribution is 2.56. The van der Waals surface area contributed by atoms with E-state index in [9.17, 15) is 5.11 Å². The molecule has 0 amide bonds. The van der Waals surface area contributed by atoms with Crippen molar-refractivity contribution in [1.29, 1.82) is 0 Å². The molecule has 0 bridgehead atoms. The van der Waals surface area contributed by atoms with Crippen LogP contribution in [0.25, 0.3) is 11.1 Å². The molecule has 0 spiro atoms. The summed E-state index contributed by atoms with van der Waals surface area (Å²) in [4.78, 5) is 0. The maximum atomic E-state index is 10.8. The number of fused-ring (bicyclic) bond motifs is 5. The van der Waals surface area contributed by atoms with Crippen LogP contribution in [0.5, 0.6) is 17.2 Å². The Morgan fingerprint density at radius 1 is 0.892 bits per heavy atom. The molecule has 1 heterocycles. The van der Waals surface area contributed by atoms with Crippen molar-refractivity contribution in [2.24, 2.45) is 11.7 Å². The minimum absolute atomic E-state index is 0.00666. The number of hydrogen-bond acceptors (Lipinski definition) is 5. The smallest absolute Gasteiger partial charge is 0.160 e. The number of benzene rings is 4. The first-order chi connectivity index (χ1) is 18.1. The van der Waals surface area contributed by atoms with Crippen molar-refractivity contribution in [2.45, 2.75) is 31.8 Å². The maximum absolute atomic E-state index is 10.8. The molecule has 0 fully saturated rings. The van der Waals surface area contributed by atoms with E-state index in [4.69, 9.17) is 15.2 Å². The molecule has 4 N–H and O–H groups in total. The topological polar surface area (TPSA) is 76.7 Å². The first-order valence-electron chi connectivity index (χ1n) is 12.9. The van der Waals surface area contributed by atoms with Gasteiger partial charge in [-0.15, -0.1) is 0 Å². The number of phenols is 1. The minimum Gasteiger partial charge on any atom is -0.504 e. The predicted molar refractivity (Wildman–Crippen MR) is 147 cm³/mol. The first-order valence-corrected chi connectivity index (χ1v) is 12.9. The van der Waals surface area contributed by atoms with E-state index in [0.29, 0.717) is 18.9 Å². The SMILES string of the molecule is CCOc1ccccc1-c1cc(O)c(OC)cc1C1Nc2ccc(CN)cc2C2c3ccccc3CC12. The molecule has 3 atom stereocenters. The summed E-state index contributed by atoms with van der Waals surface area (Å²) >= 11 is 0. The molecule has 0 saturated carbocycles. The summed E-state index contributed by atoms with van der Waals surface area (Å²) in [6, 6.07) is 27.1. The molecule has 5 heteroatoms. The molecule has 4 aromatic carbocycles. The number of para-hydroxylation sites is 1. The van der Waals surface area contributed by atoms with Gasteiger partial charge in [0.1, 0.15) is 5.75 Å². The van der Waals surface area contributed by atoms with E-state index in [1.54, 1.807) is 7.11 Å². The molecule has 5 nitrogen and oxygen atoms in total. The van der Waals surface area contributed by atoms with Gasteiger partial charge in [0.05, 0.1) is 19.8 Å². The van der Waals surface area contributed by atoms with Gasteiger partial charge in [-0.1, -0.05) is 54.6 Å². The molecule has 0 aromatic heterocycles.